The van der Waals surface area contributed by atoms with Crippen LogP contribution in [0.4, 0.5) is 0 Å². The summed E-state index contributed by atoms with van der Waals surface area (Å²) in [5.41, 5.74) is 0. The summed E-state index contributed by atoms with van der Waals surface area (Å²) < 4.78 is 17.5. The molecule has 0 spiro atoms. The van der Waals surface area contributed by atoms with E-state index in [0.29, 0.717) is 0 Å². The molecule has 10 heavy (non-hydrogen) atoms. The van der Waals surface area contributed by atoms with Crippen LogP contribution in [0.1, 0.15) is 0 Å². The zero-order valence-electron chi connectivity index (χ0n) is 4.72. The molecule has 4 N–H and O–H groups in total. The van der Waals surface area contributed by atoms with E-state index < -0.39 is 16.5 Å². The van der Waals surface area contributed by atoms with Gasteiger partial charge in [-0.2, -0.15) is 0 Å². The zero-order valence-corrected chi connectivity index (χ0v) is 6.72. The minimum absolute atomic E-state index is 2.00. The Morgan fingerprint density at radius 1 is 0.800 bits per heavy atom. The Morgan fingerprint density at radius 3 is 0.800 bits per heavy atom. The monoisotopic (exact) mass is 194 g/mol. The lowest BCUT2D eigenvalue weighted by molar-refractivity contribution is -0.0980. The quantitative estimate of drug-likeness (QED) is 0.346. The van der Waals surface area contributed by atoms with Crippen molar-refractivity contribution in [2.75, 3.05) is 0 Å². The second kappa shape index (κ2) is 16.0. The highest BCUT2D eigenvalue weighted by atomic mass is 31.1. The highest BCUT2D eigenvalue weighted by molar-refractivity contribution is 7.31. The largest absolute Gasteiger partial charge is 0.326 e. The average molecular weight is 194 g/mol. The van der Waals surface area contributed by atoms with Crippen LogP contribution in [0.25, 0.3) is 0 Å². The fraction of sp³-hybridized carbons (Fsp3) is 0. The molecule has 0 fully saturated rings. The number of carbonyl (C=O) groups is 1. The minimum Gasteiger partial charge on any atom is -0.326 e. The molecule has 0 saturated heterocycles. The summed E-state index contributed by atoms with van der Waals surface area (Å²) in [5.74, 6) is 0. The van der Waals surface area contributed by atoms with E-state index in [9.17, 15) is 0 Å². The third kappa shape index (κ3) is 430000. The first-order valence-electron chi connectivity index (χ1n) is 1.59. The molecule has 0 aliphatic heterocycles. The molecular formula is CH8O7P2. The summed E-state index contributed by atoms with van der Waals surface area (Å²) >= 11 is 0. The van der Waals surface area contributed by atoms with Gasteiger partial charge in [0.15, 0.2) is 0 Å². The van der Waals surface area contributed by atoms with Gasteiger partial charge >= 0.3 is 16.5 Å². The Kier molecular flexibility index (Phi) is 26.4. The van der Waals surface area contributed by atoms with E-state index >= 15 is 0 Å². The van der Waals surface area contributed by atoms with Crippen LogP contribution >= 0.6 is 16.5 Å². The molecule has 0 rings (SSSR count). The van der Waals surface area contributed by atoms with E-state index in [1.54, 1.807) is 0 Å². The van der Waals surface area contributed by atoms with E-state index in [4.69, 9.17) is 33.5 Å². The zero-order chi connectivity index (χ0) is 9.15. The molecule has 0 heterocycles. The van der Waals surface area contributed by atoms with Crippen molar-refractivity contribution >= 4 is 23.3 Å². The van der Waals surface area contributed by atoms with Crippen molar-refractivity contribution in [1.29, 1.82) is 0 Å². The Hall–Kier alpha value is -0.0300. The molecule has 0 aromatic heterocycles. The lowest BCUT2D eigenvalue weighted by Gasteiger charge is -1.61. The van der Waals surface area contributed by atoms with E-state index in [1.165, 1.54) is 0 Å². The molecule has 0 unspecified atom stereocenters. The number of rotatable bonds is 0. The molecule has 0 aromatic rings. The molecule has 7 nitrogen and oxygen atoms in total. The highest BCUT2D eigenvalue weighted by Crippen LogP contribution is 1.98. The van der Waals surface area contributed by atoms with Gasteiger partial charge in [-0.25, -0.2) is 0 Å². The average Bonchev–Trinajstić information content (AvgIpc) is 1.66. The van der Waals surface area contributed by atoms with Gasteiger partial charge in [0.25, 0.3) is 0 Å². The lowest BCUT2D eigenvalue weighted by atomic mass is 11.9. The Morgan fingerprint density at radius 2 is 0.800 bits per heavy atom. The Labute approximate surface area is 57.8 Å². The maximum atomic E-state index is 8.74. The van der Waals surface area contributed by atoms with Gasteiger partial charge in [0.05, 0.1) is 0 Å². The second-order valence-corrected chi connectivity index (χ2v) is 1.70. The molecule has 9 heteroatoms. The molecule has 0 amide bonds. The summed E-state index contributed by atoms with van der Waals surface area (Å²) in [4.78, 5) is 36.6. The normalized spacial score (nSPS) is 7.40. The lowest BCUT2D eigenvalue weighted by Crippen LogP contribution is -1.38. The first-order valence-corrected chi connectivity index (χ1v) is 4.20. The topological polar surface area (TPSA) is 132 Å². The number of hydrogen-bond donors (Lipinski definition) is 4. The van der Waals surface area contributed by atoms with E-state index in [0.717, 1.165) is 0 Å². The number of hydrogen-bond acceptors (Lipinski definition) is 3. The van der Waals surface area contributed by atoms with Crippen molar-refractivity contribution in [3.05, 3.63) is 0 Å². The van der Waals surface area contributed by atoms with Crippen LogP contribution in [0, 0.1) is 0 Å². The van der Waals surface area contributed by atoms with Crippen molar-refractivity contribution in [2.45, 2.75) is 0 Å². The van der Waals surface area contributed by atoms with Crippen molar-refractivity contribution in [2.24, 2.45) is 0 Å². The van der Waals surface area contributed by atoms with E-state index in [-0.39, 0.29) is 0 Å². The maximum Gasteiger partial charge on any atom is 0.314 e. The van der Waals surface area contributed by atoms with Crippen LogP contribution in [0.3, 0.4) is 0 Å². The molecule has 0 radical (unpaired) electrons. The molecule has 0 aliphatic carbocycles. The van der Waals surface area contributed by atoms with Crippen molar-refractivity contribution in [3.63, 3.8) is 0 Å². The highest BCUT2D eigenvalue weighted by Gasteiger charge is 1.62. The van der Waals surface area contributed by atoms with Crippen LogP contribution in [-0.4, -0.2) is 26.4 Å². The minimum atomic E-state index is -3.13. The van der Waals surface area contributed by atoms with Crippen LogP contribution in [0.2, 0.25) is 0 Å². The molecule has 0 aromatic carbocycles. The molecular weight excluding hydrogens is 186 g/mol. The third-order valence-electron chi connectivity index (χ3n) is 0. The van der Waals surface area contributed by atoms with Gasteiger partial charge in [-0.15, -0.1) is 0 Å². The smallest absolute Gasteiger partial charge is 0.314 e. The number of carbonyl (C=O) groups excluding carboxylic acids is 1. The summed E-state index contributed by atoms with van der Waals surface area (Å²) in [6.07, 6.45) is 0. The molecule has 0 saturated carbocycles. The fourth-order valence-electron chi connectivity index (χ4n) is 0. The van der Waals surface area contributed by atoms with Gasteiger partial charge in [0.2, 0.25) is 0 Å². The van der Waals surface area contributed by atoms with E-state index in [1.807, 2.05) is 6.79 Å². The SMILES string of the molecule is C=O.O=[PH](O)O.O=[PH](O)O. The second-order valence-electron chi connectivity index (χ2n) is 0.565. The van der Waals surface area contributed by atoms with Gasteiger partial charge in [-0.05, 0) is 0 Å². The first-order chi connectivity index (χ1) is 4.46. The van der Waals surface area contributed by atoms with Crippen molar-refractivity contribution < 1.29 is 33.5 Å². The van der Waals surface area contributed by atoms with Crippen LogP contribution in [0.5, 0.6) is 0 Å². The molecule has 0 atom stereocenters. The standard InChI is InChI=1S/CH2O.2H3O3P/c1-2;2*1-4(2)3/h1H2;2*4H,(H2,1,2,3). The molecule has 0 bridgehead atoms. The predicted molar refractivity (Wildman–Crippen MR) is 34.0 cm³/mol. The predicted octanol–water partition coefficient (Wildman–Crippen LogP) is -1.46. The Bertz CT molecular complexity index is 79.8. The first kappa shape index (κ1) is 16.5. The van der Waals surface area contributed by atoms with Crippen LogP contribution in [-0.2, 0) is 13.9 Å². The van der Waals surface area contributed by atoms with Crippen LogP contribution < -0.4 is 0 Å². The molecule has 64 valence electrons. The molecule has 0 aliphatic rings. The van der Waals surface area contributed by atoms with Gasteiger partial charge < -0.3 is 24.4 Å². The van der Waals surface area contributed by atoms with Gasteiger partial charge in [0.1, 0.15) is 6.79 Å². The summed E-state index contributed by atoms with van der Waals surface area (Å²) in [6, 6.07) is 0. The summed E-state index contributed by atoms with van der Waals surface area (Å²) in [7, 11) is -6.26. The van der Waals surface area contributed by atoms with Gasteiger partial charge in [-0.1, -0.05) is 0 Å². The van der Waals surface area contributed by atoms with Gasteiger partial charge in [0, 0.05) is 0 Å². The third-order valence-corrected chi connectivity index (χ3v) is 0. The van der Waals surface area contributed by atoms with Gasteiger partial charge in [-0.3, -0.25) is 9.13 Å². The van der Waals surface area contributed by atoms with Crippen molar-refractivity contribution in [1.82, 2.24) is 0 Å². The fourth-order valence-corrected chi connectivity index (χ4v) is 0. The Balaban J connectivity index is -0.0000000787. The van der Waals surface area contributed by atoms with Crippen LogP contribution in [0.15, 0.2) is 0 Å². The van der Waals surface area contributed by atoms with Crippen molar-refractivity contribution in [3.8, 4) is 0 Å². The summed E-state index contributed by atoms with van der Waals surface area (Å²) in [5, 5.41) is 0. The van der Waals surface area contributed by atoms with E-state index in [2.05, 4.69) is 0 Å². The maximum absolute atomic E-state index is 8.74. The summed E-state index contributed by atoms with van der Waals surface area (Å²) in [6.45, 7) is 2.00.